The maximum atomic E-state index is 2.58. The summed E-state index contributed by atoms with van der Waals surface area (Å²) < 4.78 is 0. The Hall–Kier alpha value is -7.48. The van der Waals surface area contributed by atoms with Gasteiger partial charge < -0.3 is 4.90 Å². The zero-order valence-corrected chi connectivity index (χ0v) is 39.3. The van der Waals surface area contributed by atoms with Crippen LogP contribution in [-0.2, 0) is 16.2 Å². The van der Waals surface area contributed by atoms with E-state index in [0.29, 0.717) is 0 Å². The lowest BCUT2D eigenvalue weighted by molar-refractivity contribution is 0.125. The van der Waals surface area contributed by atoms with Crippen LogP contribution in [0.5, 0.6) is 0 Å². The van der Waals surface area contributed by atoms with Crippen LogP contribution in [0.3, 0.4) is 0 Å². The first-order valence-corrected chi connectivity index (χ1v) is 23.9. The quantitative estimate of drug-likeness (QED) is 0.144. The fraction of sp³-hybridized carbons (Fsp3) is 0.152. The van der Waals surface area contributed by atoms with Crippen molar-refractivity contribution in [3.8, 4) is 33.4 Å². The van der Waals surface area contributed by atoms with Crippen LogP contribution in [0.4, 0.5) is 17.1 Å². The summed E-state index contributed by atoms with van der Waals surface area (Å²) in [7, 11) is 0. The summed E-state index contributed by atoms with van der Waals surface area (Å²) in [6.07, 6.45) is 0. The van der Waals surface area contributed by atoms with Gasteiger partial charge in [-0.15, -0.1) is 0 Å². The summed E-state index contributed by atoms with van der Waals surface area (Å²) >= 11 is 0. The number of rotatable bonds is 7. The van der Waals surface area contributed by atoms with Crippen molar-refractivity contribution in [1.82, 2.24) is 0 Å². The molecule has 10 aromatic rings. The van der Waals surface area contributed by atoms with E-state index in [4.69, 9.17) is 0 Å². The molecule has 0 saturated carbocycles. The molecule has 0 aromatic heterocycles. The molecule has 2 aliphatic carbocycles. The number of hydrogen-bond acceptors (Lipinski definition) is 1. The highest BCUT2D eigenvalue weighted by Gasteiger charge is 2.57. The Bertz CT molecular complexity index is 3480. The van der Waals surface area contributed by atoms with Gasteiger partial charge in [0.1, 0.15) is 0 Å². The normalized spacial score (nSPS) is 15.8. The predicted octanol–water partition coefficient (Wildman–Crippen LogP) is 17.8. The van der Waals surface area contributed by atoms with Crippen LogP contribution in [0.2, 0.25) is 0 Å². The first kappa shape index (κ1) is 41.0. The summed E-state index contributed by atoms with van der Waals surface area (Å²) in [6.45, 7) is 14.8. The molecule has 0 fully saturated rings. The summed E-state index contributed by atoms with van der Waals surface area (Å²) in [6, 6.07) is 84.2. The average molecular weight is 862 g/mol. The van der Waals surface area contributed by atoms with Crippen LogP contribution in [0.1, 0.15) is 74.9 Å². The monoisotopic (exact) mass is 861 g/mol. The third-order valence-corrected chi connectivity index (χ3v) is 16.9. The Morgan fingerprint density at radius 3 is 1.55 bits per heavy atom. The third kappa shape index (κ3) is 5.87. The maximum Gasteiger partial charge on any atom is 0.0714 e. The van der Waals surface area contributed by atoms with Gasteiger partial charge in [-0.3, -0.25) is 0 Å². The molecule has 2 aliphatic rings. The average Bonchev–Trinajstić information content (AvgIpc) is 3.72. The molecule has 0 radical (unpaired) electrons. The van der Waals surface area contributed by atoms with E-state index < -0.39 is 5.41 Å². The highest BCUT2D eigenvalue weighted by Crippen LogP contribution is 2.64. The smallest absolute Gasteiger partial charge is 0.0714 e. The van der Waals surface area contributed by atoms with Gasteiger partial charge in [-0.05, 0) is 135 Å². The standard InChI is InChI=1S/C66H55N/c1-63(2)60-42-57(53-31-20-30-52-51-28-17-16-23-46(51)35-39-54(52)53)62(43-61(60)64(3,4)65(63,5)6)67(49-36-33-45(34-37-49)44-21-10-7-11-22-44)50-38-40-56-55-29-18-19-32-58(55)66(59(56)41-50,47-24-12-8-13-25-47)48-26-14-9-15-27-48/h7-43H,1-6H3. The lowest BCUT2D eigenvalue weighted by atomic mass is 9.59. The predicted molar refractivity (Wildman–Crippen MR) is 284 cm³/mol. The van der Waals surface area contributed by atoms with Crippen molar-refractivity contribution in [3.05, 3.63) is 258 Å². The fourth-order valence-electron chi connectivity index (χ4n) is 12.2. The summed E-state index contributed by atoms with van der Waals surface area (Å²) in [4.78, 5) is 2.57. The summed E-state index contributed by atoms with van der Waals surface area (Å²) in [5.41, 5.74) is 18.0. The van der Waals surface area contributed by atoms with Crippen molar-refractivity contribution in [2.24, 2.45) is 5.41 Å². The fourth-order valence-corrected chi connectivity index (χ4v) is 12.2. The van der Waals surface area contributed by atoms with E-state index in [1.165, 1.54) is 94.0 Å². The van der Waals surface area contributed by atoms with E-state index in [9.17, 15) is 0 Å². The Kier molecular flexibility index (Phi) is 9.19. The largest absolute Gasteiger partial charge is 0.310 e. The van der Waals surface area contributed by atoms with Crippen molar-refractivity contribution in [2.75, 3.05) is 4.90 Å². The van der Waals surface area contributed by atoms with Crippen molar-refractivity contribution in [1.29, 1.82) is 0 Å². The number of hydrogen-bond donors (Lipinski definition) is 0. The minimum atomic E-state index is -0.541. The van der Waals surface area contributed by atoms with Crippen molar-refractivity contribution in [2.45, 2.75) is 57.8 Å². The number of fused-ring (bicyclic) bond motifs is 7. The topological polar surface area (TPSA) is 3.24 Å². The van der Waals surface area contributed by atoms with E-state index in [1.54, 1.807) is 0 Å². The second-order valence-corrected chi connectivity index (χ2v) is 20.5. The Labute approximate surface area is 396 Å². The van der Waals surface area contributed by atoms with Gasteiger partial charge in [0.05, 0.1) is 11.1 Å². The number of nitrogens with zero attached hydrogens (tertiary/aromatic N) is 1. The van der Waals surface area contributed by atoms with Crippen LogP contribution < -0.4 is 4.90 Å². The molecule has 12 rings (SSSR count). The highest BCUT2D eigenvalue weighted by molar-refractivity contribution is 6.13. The molecule has 0 atom stereocenters. The van der Waals surface area contributed by atoms with Crippen molar-refractivity contribution < 1.29 is 0 Å². The molecular formula is C66H55N. The van der Waals surface area contributed by atoms with E-state index in [0.717, 1.165) is 11.4 Å². The lowest BCUT2D eigenvalue weighted by Crippen LogP contribution is -2.42. The van der Waals surface area contributed by atoms with Gasteiger partial charge in [0.2, 0.25) is 0 Å². The van der Waals surface area contributed by atoms with Crippen LogP contribution in [0.25, 0.3) is 54.9 Å². The molecule has 0 bridgehead atoms. The van der Waals surface area contributed by atoms with Gasteiger partial charge >= 0.3 is 0 Å². The molecule has 0 amide bonds. The molecule has 0 aliphatic heterocycles. The molecule has 0 heterocycles. The molecule has 0 spiro atoms. The maximum absolute atomic E-state index is 2.58. The minimum Gasteiger partial charge on any atom is -0.310 e. The van der Waals surface area contributed by atoms with E-state index in [2.05, 4.69) is 271 Å². The first-order valence-electron chi connectivity index (χ1n) is 23.9. The molecule has 1 heteroatoms. The van der Waals surface area contributed by atoms with E-state index in [1.807, 2.05) is 0 Å². The molecule has 10 aromatic carbocycles. The minimum absolute atomic E-state index is 0.0281. The molecule has 0 unspecified atom stereocenters. The Morgan fingerprint density at radius 2 is 0.851 bits per heavy atom. The molecular weight excluding hydrogens is 807 g/mol. The van der Waals surface area contributed by atoms with Crippen LogP contribution in [0, 0.1) is 5.41 Å². The second-order valence-electron chi connectivity index (χ2n) is 20.5. The number of anilines is 3. The first-order chi connectivity index (χ1) is 32.5. The summed E-state index contributed by atoms with van der Waals surface area (Å²) in [5.74, 6) is 0. The van der Waals surface area contributed by atoms with Crippen molar-refractivity contribution in [3.63, 3.8) is 0 Å². The van der Waals surface area contributed by atoms with E-state index >= 15 is 0 Å². The van der Waals surface area contributed by atoms with Gasteiger partial charge in [-0.1, -0.05) is 230 Å². The van der Waals surface area contributed by atoms with Gasteiger partial charge in [-0.2, -0.15) is 0 Å². The highest BCUT2D eigenvalue weighted by atomic mass is 15.1. The SMILES string of the molecule is CC1(C)c2cc(-c3cccc4c3ccc3ccccc34)c(N(c3ccc(-c4ccccc4)cc3)c3ccc4c(c3)C(c3ccccc3)(c3ccccc3)c3ccccc3-4)cc2C(C)(C)C1(C)C. The molecule has 324 valence electrons. The van der Waals surface area contributed by atoms with Gasteiger partial charge in [-0.25, -0.2) is 0 Å². The molecule has 1 nitrogen and oxygen atoms in total. The van der Waals surface area contributed by atoms with E-state index in [-0.39, 0.29) is 16.2 Å². The van der Waals surface area contributed by atoms with Crippen LogP contribution >= 0.6 is 0 Å². The molecule has 0 N–H and O–H groups in total. The summed E-state index contributed by atoms with van der Waals surface area (Å²) in [5, 5.41) is 5.06. The van der Waals surface area contributed by atoms with Crippen LogP contribution in [-0.4, -0.2) is 0 Å². The van der Waals surface area contributed by atoms with Gasteiger partial charge in [0.25, 0.3) is 0 Å². The molecule has 0 saturated heterocycles. The van der Waals surface area contributed by atoms with Gasteiger partial charge in [0, 0.05) is 16.9 Å². The Morgan fingerprint density at radius 1 is 0.313 bits per heavy atom. The van der Waals surface area contributed by atoms with Gasteiger partial charge in [0.15, 0.2) is 0 Å². The Balaban J connectivity index is 1.19. The second kappa shape index (κ2) is 15.0. The lowest BCUT2D eigenvalue weighted by Gasteiger charge is -2.44. The zero-order chi connectivity index (χ0) is 45.7. The number of benzene rings is 10. The molecule has 67 heavy (non-hydrogen) atoms. The van der Waals surface area contributed by atoms with Crippen LogP contribution in [0.15, 0.2) is 224 Å². The zero-order valence-electron chi connectivity index (χ0n) is 39.3. The third-order valence-electron chi connectivity index (χ3n) is 16.9. The van der Waals surface area contributed by atoms with Crippen molar-refractivity contribution >= 4 is 38.6 Å².